The van der Waals surface area contributed by atoms with Gasteiger partial charge in [0.2, 0.25) is 0 Å². The molecule has 0 spiro atoms. The fraction of sp³-hybridized carbons (Fsp3) is 0.0513. The van der Waals surface area contributed by atoms with E-state index in [0.717, 1.165) is 56.0 Å². The van der Waals surface area contributed by atoms with E-state index in [4.69, 9.17) is 9.47 Å². The third-order valence-corrected chi connectivity index (χ3v) is 8.49. The molecule has 0 aliphatic carbocycles. The zero-order valence-electron chi connectivity index (χ0n) is 24.0. The van der Waals surface area contributed by atoms with Gasteiger partial charge in [-0.25, -0.2) is 0 Å². The van der Waals surface area contributed by atoms with Gasteiger partial charge < -0.3 is 9.47 Å². The first-order valence-electron chi connectivity index (χ1n) is 14.9. The first-order valence-corrected chi connectivity index (χ1v) is 14.9. The van der Waals surface area contributed by atoms with Crippen molar-refractivity contribution < 1.29 is 9.47 Å². The molecule has 204 valence electrons. The van der Waals surface area contributed by atoms with Gasteiger partial charge in [0.05, 0.1) is 0 Å². The first-order chi connectivity index (χ1) is 21.3. The van der Waals surface area contributed by atoms with E-state index < -0.39 is 0 Å². The highest BCUT2D eigenvalue weighted by molar-refractivity contribution is 6.99. The number of nitrogens with zero attached hydrogens (tertiary/aromatic N) is 1. The maximum absolute atomic E-state index is 6.76. The van der Waals surface area contributed by atoms with Crippen molar-refractivity contribution in [1.29, 1.82) is 0 Å². The van der Waals surface area contributed by atoms with Crippen molar-refractivity contribution in [2.24, 2.45) is 0 Å². The number of hydrogen-bond donors (Lipinski definition) is 0. The van der Waals surface area contributed by atoms with Gasteiger partial charge in [0.15, 0.2) is 0 Å². The van der Waals surface area contributed by atoms with E-state index >= 15 is 0 Å². The van der Waals surface area contributed by atoms with E-state index in [2.05, 4.69) is 108 Å². The maximum atomic E-state index is 6.76. The van der Waals surface area contributed by atoms with E-state index in [9.17, 15) is 0 Å². The van der Waals surface area contributed by atoms with Crippen molar-refractivity contribution >= 4 is 44.6 Å². The Balaban J connectivity index is 0.00000136. The Morgan fingerprint density at radius 2 is 1.07 bits per heavy atom. The van der Waals surface area contributed by atoms with Crippen LogP contribution in [-0.2, 0) is 0 Å². The van der Waals surface area contributed by atoms with Gasteiger partial charge in [0.1, 0.15) is 23.0 Å². The molecule has 2 aliphatic rings. The largest absolute Gasteiger partial charge is 0.458 e. The van der Waals surface area contributed by atoms with Crippen molar-refractivity contribution in [3.8, 4) is 45.3 Å². The van der Waals surface area contributed by atoms with Crippen molar-refractivity contribution in [3.05, 3.63) is 134 Å². The lowest BCUT2D eigenvalue weighted by Crippen LogP contribution is -2.57. The number of fused-ring (bicyclic) bond motifs is 9. The number of rotatable bonds is 2. The van der Waals surface area contributed by atoms with Crippen molar-refractivity contribution in [2.75, 3.05) is 0 Å². The van der Waals surface area contributed by atoms with Crippen LogP contribution >= 0.6 is 0 Å². The van der Waals surface area contributed by atoms with Gasteiger partial charge >= 0.3 is 0 Å². The van der Waals surface area contributed by atoms with Crippen LogP contribution in [0.25, 0.3) is 43.8 Å². The Morgan fingerprint density at radius 1 is 0.465 bits per heavy atom. The monoisotopic (exact) mass is 553 g/mol. The second-order valence-corrected chi connectivity index (χ2v) is 10.7. The van der Waals surface area contributed by atoms with E-state index in [-0.39, 0.29) is 6.71 Å². The molecule has 43 heavy (non-hydrogen) atoms. The number of ether oxygens (including phenoxy) is 2. The fourth-order valence-electron chi connectivity index (χ4n) is 6.67. The Labute approximate surface area is 251 Å². The average molecular weight is 553 g/mol. The summed E-state index contributed by atoms with van der Waals surface area (Å²) in [7, 11) is 0. The Hall–Kier alpha value is -5.35. The molecule has 0 bridgehead atoms. The van der Waals surface area contributed by atoms with Gasteiger partial charge in [-0.05, 0) is 85.7 Å². The second kappa shape index (κ2) is 10.2. The van der Waals surface area contributed by atoms with Crippen molar-refractivity contribution in [2.45, 2.75) is 13.8 Å². The molecule has 0 unspecified atom stereocenters. The van der Waals surface area contributed by atoms with Gasteiger partial charge in [0, 0.05) is 23.2 Å². The average Bonchev–Trinajstić information content (AvgIpc) is 3.09. The lowest BCUT2D eigenvalue weighted by Gasteiger charge is -2.34. The van der Waals surface area contributed by atoms with Crippen LogP contribution in [0, 0.1) is 0 Å². The molecule has 3 heterocycles. The number of pyridine rings is 1. The molecule has 0 saturated heterocycles. The quantitative estimate of drug-likeness (QED) is 0.159. The zero-order valence-corrected chi connectivity index (χ0v) is 24.0. The zero-order chi connectivity index (χ0) is 28.9. The molecule has 3 nitrogen and oxygen atoms in total. The highest BCUT2D eigenvalue weighted by Gasteiger charge is 2.42. The summed E-state index contributed by atoms with van der Waals surface area (Å²) < 4.78 is 13.3. The number of benzene rings is 6. The molecule has 0 fully saturated rings. The Kier molecular flexibility index (Phi) is 6.01. The van der Waals surface area contributed by atoms with Crippen LogP contribution in [0.4, 0.5) is 0 Å². The minimum absolute atomic E-state index is 0.0217. The van der Waals surface area contributed by atoms with Gasteiger partial charge in [-0.15, -0.1) is 0 Å². The van der Waals surface area contributed by atoms with Crippen LogP contribution in [0.2, 0.25) is 0 Å². The van der Waals surface area contributed by atoms with E-state index in [1.165, 1.54) is 27.2 Å². The van der Waals surface area contributed by atoms with Crippen LogP contribution in [0.1, 0.15) is 13.8 Å². The summed E-state index contributed by atoms with van der Waals surface area (Å²) >= 11 is 0. The summed E-state index contributed by atoms with van der Waals surface area (Å²) in [6, 6.07) is 42.8. The van der Waals surface area contributed by atoms with Gasteiger partial charge in [-0.1, -0.05) is 98.8 Å². The molecule has 1 aromatic heterocycles. The highest BCUT2D eigenvalue weighted by Crippen LogP contribution is 2.41. The van der Waals surface area contributed by atoms with Gasteiger partial charge in [-0.2, -0.15) is 0 Å². The predicted molar refractivity (Wildman–Crippen MR) is 179 cm³/mol. The summed E-state index contributed by atoms with van der Waals surface area (Å²) in [6.45, 7) is 3.98. The lowest BCUT2D eigenvalue weighted by atomic mass is 9.34. The summed E-state index contributed by atoms with van der Waals surface area (Å²) in [4.78, 5) is 4.18. The molecule has 0 radical (unpaired) electrons. The Bertz CT molecular complexity index is 2170. The summed E-state index contributed by atoms with van der Waals surface area (Å²) in [5.41, 5.74) is 8.09. The molecule has 9 rings (SSSR count). The second-order valence-electron chi connectivity index (χ2n) is 10.7. The molecular weight excluding hydrogens is 525 g/mol. The molecule has 0 atom stereocenters. The third kappa shape index (κ3) is 3.94. The molecule has 2 aliphatic heterocycles. The van der Waals surface area contributed by atoms with E-state index in [0.29, 0.717) is 0 Å². The van der Waals surface area contributed by atoms with Gasteiger partial charge in [0.25, 0.3) is 6.71 Å². The highest BCUT2D eigenvalue weighted by atomic mass is 16.5. The van der Waals surface area contributed by atoms with Gasteiger partial charge in [-0.3, -0.25) is 4.98 Å². The predicted octanol–water partition coefficient (Wildman–Crippen LogP) is 8.48. The molecule has 0 saturated carbocycles. The summed E-state index contributed by atoms with van der Waals surface area (Å²) in [5, 5.41) is 4.78. The van der Waals surface area contributed by atoms with Crippen molar-refractivity contribution in [3.63, 3.8) is 0 Å². The van der Waals surface area contributed by atoms with Crippen LogP contribution in [0.15, 0.2) is 134 Å². The van der Waals surface area contributed by atoms with Crippen LogP contribution in [0.5, 0.6) is 23.0 Å². The minimum Gasteiger partial charge on any atom is -0.458 e. The lowest BCUT2D eigenvalue weighted by molar-refractivity contribution is 0.467. The van der Waals surface area contributed by atoms with Crippen LogP contribution in [0.3, 0.4) is 0 Å². The summed E-state index contributed by atoms with van der Waals surface area (Å²) in [6.07, 6.45) is 3.67. The third-order valence-electron chi connectivity index (χ3n) is 8.49. The van der Waals surface area contributed by atoms with E-state index in [1.54, 1.807) is 0 Å². The first kappa shape index (κ1) is 25.4. The van der Waals surface area contributed by atoms with Crippen LogP contribution in [-0.4, -0.2) is 11.7 Å². The normalized spacial score (nSPS) is 12.3. The van der Waals surface area contributed by atoms with Crippen LogP contribution < -0.4 is 25.9 Å². The topological polar surface area (TPSA) is 31.4 Å². The SMILES string of the molecule is CC.c1cc(-c2ccncc2)cc(-c2ccc3c(c2)B2c4c(cccc4Oc4c2c2ccccc2c2ccccc42)O3)c1. The standard InChI is InChI=1S/C37H22BNO2.C2H6/c1-3-11-29-27(9-1)28-10-2-4-12-30(28)37-35(29)38-31-22-26(25-8-5-7-24(21-25)23-17-19-39-20-18-23)15-16-32(31)40-33-13-6-14-34(41-37)36(33)38;1-2/h1-22H;1-2H3. The molecule has 4 heteroatoms. The molecular formula is C39H28BNO2. The molecule has 7 aromatic rings. The smallest absolute Gasteiger partial charge is 0.261 e. The molecule has 0 amide bonds. The fourth-order valence-corrected chi connectivity index (χ4v) is 6.67. The van der Waals surface area contributed by atoms with Crippen molar-refractivity contribution in [1.82, 2.24) is 4.98 Å². The summed E-state index contributed by atoms with van der Waals surface area (Å²) in [5.74, 6) is 3.54. The molecule has 0 N–H and O–H groups in total. The maximum Gasteiger partial charge on any atom is 0.261 e. The number of hydrogen-bond acceptors (Lipinski definition) is 3. The Morgan fingerprint density at radius 3 is 1.84 bits per heavy atom. The minimum atomic E-state index is -0.0217. The van der Waals surface area contributed by atoms with E-state index in [1.807, 2.05) is 44.4 Å². The molecule has 6 aromatic carbocycles. The number of aromatic nitrogens is 1.